The van der Waals surface area contributed by atoms with Gasteiger partial charge in [0.25, 0.3) is 0 Å². The van der Waals surface area contributed by atoms with Crippen molar-refractivity contribution in [3.63, 3.8) is 0 Å². The van der Waals surface area contributed by atoms with Crippen molar-refractivity contribution in [3.05, 3.63) is 0 Å². The van der Waals surface area contributed by atoms with Crippen LogP contribution in [0.5, 0.6) is 0 Å². The second-order valence-electron chi connectivity index (χ2n) is 5.21. The Morgan fingerprint density at radius 1 is 1.17 bits per heavy atom. The Morgan fingerprint density at radius 3 is 2.00 bits per heavy atom. The van der Waals surface area contributed by atoms with Crippen LogP contribution in [-0.2, 0) is 9.59 Å². The lowest BCUT2D eigenvalue weighted by Gasteiger charge is -2.25. The SMILES string of the molecule is CCCC(CCC)C(=O)NCC(C)(CC)C(=O)O. The number of hydrogen-bond acceptors (Lipinski definition) is 2. The Kier molecular flexibility index (Phi) is 7.64. The van der Waals surface area contributed by atoms with E-state index in [4.69, 9.17) is 5.11 Å². The Balaban J connectivity index is 4.41. The number of carbonyl (C=O) groups excluding carboxylic acids is 1. The monoisotopic (exact) mass is 257 g/mol. The van der Waals surface area contributed by atoms with Gasteiger partial charge in [0.2, 0.25) is 5.91 Å². The first-order chi connectivity index (χ1) is 8.41. The number of rotatable bonds is 9. The summed E-state index contributed by atoms with van der Waals surface area (Å²) in [7, 11) is 0. The molecule has 2 N–H and O–H groups in total. The van der Waals surface area contributed by atoms with Crippen LogP contribution >= 0.6 is 0 Å². The maximum absolute atomic E-state index is 12.0. The van der Waals surface area contributed by atoms with Crippen LogP contribution in [0.2, 0.25) is 0 Å². The average Bonchev–Trinajstić information content (AvgIpc) is 2.35. The zero-order valence-corrected chi connectivity index (χ0v) is 12.1. The number of carboxylic acids is 1. The highest BCUT2D eigenvalue weighted by atomic mass is 16.4. The molecule has 0 aliphatic heterocycles. The van der Waals surface area contributed by atoms with Crippen LogP contribution in [0.25, 0.3) is 0 Å². The molecule has 0 heterocycles. The van der Waals surface area contributed by atoms with Crippen LogP contribution in [0.15, 0.2) is 0 Å². The van der Waals surface area contributed by atoms with Crippen molar-refractivity contribution in [2.45, 2.75) is 59.8 Å². The van der Waals surface area contributed by atoms with E-state index in [1.165, 1.54) is 0 Å². The number of hydrogen-bond donors (Lipinski definition) is 2. The van der Waals surface area contributed by atoms with Gasteiger partial charge >= 0.3 is 5.97 Å². The molecule has 1 amide bonds. The average molecular weight is 257 g/mol. The van der Waals surface area contributed by atoms with Crippen molar-refractivity contribution in [1.82, 2.24) is 5.32 Å². The molecule has 0 aromatic rings. The molecule has 0 aromatic heterocycles. The van der Waals surface area contributed by atoms with Gasteiger partial charge in [0, 0.05) is 12.5 Å². The summed E-state index contributed by atoms with van der Waals surface area (Å²) >= 11 is 0. The van der Waals surface area contributed by atoms with Crippen LogP contribution < -0.4 is 5.32 Å². The molecule has 0 fully saturated rings. The van der Waals surface area contributed by atoms with E-state index in [0.29, 0.717) is 6.42 Å². The van der Waals surface area contributed by atoms with Crippen molar-refractivity contribution in [2.75, 3.05) is 6.54 Å². The minimum Gasteiger partial charge on any atom is -0.481 e. The first kappa shape index (κ1) is 16.9. The third-order valence-corrected chi connectivity index (χ3v) is 3.59. The van der Waals surface area contributed by atoms with Crippen molar-refractivity contribution in [3.8, 4) is 0 Å². The van der Waals surface area contributed by atoms with E-state index in [9.17, 15) is 9.59 Å². The lowest BCUT2D eigenvalue weighted by Crippen LogP contribution is -2.42. The fraction of sp³-hybridized carbons (Fsp3) is 0.857. The molecular weight excluding hydrogens is 230 g/mol. The third kappa shape index (κ3) is 5.07. The zero-order chi connectivity index (χ0) is 14.2. The lowest BCUT2D eigenvalue weighted by atomic mass is 9.87. The largest absolute Gasteiger partial charge is 0.481 e. The van der Waals surface area contributed by atoms with E-state index in [2.05, 4.69) is 19.2 Å². The Bertz CT molecular complexity index is 272. The van der Waals surface area contributed by atoms with Crippen LogP contribution in [-0.4, -0.2) is 23.5 Å². The van der Waals surface area contributed by atoms with Crippen molar-refractivity contribution >= 4 is 11.9 Å². The molecule has 0 bridgehead atoms. The number of nitrogens with one attached hydrogen (secondary N) is 1. The molecule has 18 heavy (non-hydrogen) atoms. The van der Waals surface area contributed by atoms with E-state index < -0.39 is 11.4 Å². The van der Waals surface area contributed by atoms with E-state index in [1.54, 1.807) is 6.92 Å². The third-order valence-electron chi connectivity index (χ3n) is 3.59. The zero-order valence-electron chi connectivity index (χ0n) is 12.1. The maximum Gasteiger partial charge on any atom is 0.311 e. The molecule has 1 unspecified atom stereocenters. The van der Waals surface area contributed by atoms with Gasteiger partial charge in [-0.15, -0.1) is 0 Å². The lowest BCUT2D eigenvalue weighted by molar-refractivity contribution is -0.148. The Morgan fingerprint density at radius 2 is 1.67 bits per heavy atom. The fourth-order valence-corrected chi connectivity index (χ4v) is 1.88. The maximum atomic E-state index is 12.0. The van der Waals surface area contributed by atoms with Gasteiger partial charge in [-0.3, -0.25) is 9.59 Å². The van der Waals surface area contributed by atoms with E-state index in [0.717, 1.165) is 25.7 Å². The van der Waals surface area contributed by atoms with Gasteiger partial charge in [-0.1, -0.05) is 33.6 Å². The van der Waals surface area contributed by atoms with Gasteiger partial charge in [-0.25, -0.2) is 0 Å². The van der Waals surface area contributed by atoms with Crippen molar-refractivity contribution in [1.29, 1.82) is 0 Å². The summed E-state index contributed by atoms with van der Waals surface area (Å²) in [6, 6.07) is 0. The highest BCUT2D eigenvalue weighted by Crippen LogP contribution is 2.21. The van der Waals surface area contributed by atoms with Crippen molar-refractivity contribution in [2.24, 2.45) is 11.3 Å². The summed E-state index contributed by atoms with van der Waals surface area (Å²) < 4.78 is 0. The van der Waals surface area contributed by atoms with Crippen LogP contribution in [0.4, 0.5) is 0 Å². The number of carbonyl (C=O) groups is 2. The number of carboxylic acid groups (broad SMARTS) is 1. The minimum atomic E-state index is -0.862. The summed E-state index contributed by atoms with van der Waals surface area (Å²) in [5, 5.41) is 11.9. The quantitative estimate of drug-likeness (QED) is 0.667. The Labute approximate surface area is 110 Å². The molecular formula is C14H27NO3. The fourth-order valence-electron chi connectivity index (χ4n) is 1.88. The highest BCUT2D eigenvalue weighted by molar-refractivity contribution is 5.80. The smallest absolute Gasteiger partial charge is 0.311 e. The molecule has 0 saturated carbocycles. The topological polar surface area (TPSA) is 66.4 Å². The molecule has 0 aliphatic carbocycles. The summed E-state index contributed by atoms with van der Waals surface area (Å²) in [5.41, 5.74) is -0.862. The summed E-state index contributed by atoms with van der Waals surface area (Å²) in [5.74, 6) is -0.831. The van der Waals surface area contributed by atoms with Crippen LogP contribution in [0.3, 0.4) is 0 Å². The van der Waals surface area contributed by atoms with Gasteiger partial charge < -0.3 is 10.4 Å². The molecule has 0 aliphatic rings. The normalized spacial score (nSPS) is 14.3. The molecule has 4 nitrogen and oxygen atoms in total. The van der Waals surface area contributed by atoms with Crippen LogP contribution in [0, 0.1) is 11.3 Å². The summed E-state index contributed by atoms with van der Waals surface area (Å²) in [4.78, 5) is 23.1. The predicted octanol–water partition coefficient (Wildman–Crippen LogP) is 2.82. The van der Waals surface area contributed by atoms with Crippen LogP contribution in [0.1, 0.15) is 59.8 Å². The first-order valence-electron chi connectivity index (χ1n) is 6.92. The summed E-state index contributed by atoms with van der Waals surface area (Å²) in [6.07, 6.45) is 4.20. The van der Waals surface area contributed by atoms with Gasteiger partial charge in [0.1, 0.15) is 0 Å². The molecule has 0 aromatic carbocycles. The predicted molar refractivity (Wildman–Crippen MR) is 72.3 cm³/mol. The molecule has 0 radical (unpaired) electrons. The number of amides is 1. The molecule has 106 valence electrons. The first-order valence-corrected chi connectivity index (χ1v) is 6.92. The van der Waals surface area contributed by atoms with Crippen molar-refractivity contribution < 1.29 is 14.7 Å². The minimum absolute atomic E-state index is 0.000347. The van der Waals surface area contributed by atoms with Gasteiger partial charge in [-0.2, -0.15) is 0 Å². The van der Waals surface area contributed by atoms with Gasteiger partial charge in [-0.05, 0) is 26.2 Å². The van der Waals surface area contributed by atoms with E-state index >= 15 is 0 Å². The van der Waals surface area contributed by atoms with Gasteiger partial charge in [0.05, 0.1) is 5.41 Å². The highest BCUT2D eigenvalue weighted by Gasteiger charge is 2.32. The van der Waals surface area contributed by atoms with E-state index in [1.807, 2.05) is 6.92 Å². The molecule has 1 atom stereocenters. The molecule has 4 heteroatoms. The van der Waals surface area contributed by atoms with Gasteiger partial charge in [0.15, 0.2) is 0 Å². The molecule has 0 rings (SSSR count). The molecule has 0 saturated heterocycles. The summed E-state index contributed by atoms with van der Waals surface area (Å²) in [6.45, 7) is 7.83. The molecule has 0 spiro atoms. The second kappa shape index (κ2) is 8.11. The second-order valence-corrected chi connectivity index (χ2v) is 5.21. The number of aliphatic carboxylic acids is 1. The standard InChI is InChI=1S/C14H27NO3/c1-5-8-11(9-6-2)12(16)15-10-14(4,7-3)13(17)18/h11H,5-10H2,1-4H3,(H,15,16)(H,17,18). The van der Waals surface area contributed by atoms with E-state index in [-0.39, 0.29) is 18.4 Å². The Hall–Kier alpha value is -1.06.